The topological polar surface area (TPSA) is 114 Å². The summed E-state index contributed by atoms with van der Waals surface area (Å²) < 4.78 is 31.9. The number of ether oxygens (including phenoxy) is 1. The number of carbonyl (C=O) groups is 2. The maximum atomic E-state index is 12.3. The molecule has 0 saturated heterocycles. The fraction of sp³-hybridized carbons (Fsp3) is 0.222. The molecule has 27 heavy (non-hydrogen) atoms. The fourth-order valence-electron chi connectivity index (χ4n) is 1.99. The summed E-state index contributed by atoms with van der Waals surface area (Å²) in [4.78, 5) is 23.7. The smallest absolute Gasteiger partial charge is 0.426 e. The number of carbonyl (C=O) groups excluding carboxylic acids is 2. The molecule has 0 bridgehead atoms. The van der Waals surface area contributed by atoms with Crippen molar-refractivity contribution in [2.45, 2.75) is 31.3 Å². The fourth-order valence-corrected chi connectivity index (χ4v) is 3.07. The van der Waals surface area contributed by atoms with Crippen LogP contribution in [0.2, 0.25) is 0 Å². The van der Waals surface area contributed by atoms with Gasteiger partial charge in [-0.2, -0.15) is 0 Å². The Morgan fingerprint density at radius 3 is 2.04 bits per heavy atom. The van der Waals surface area contributed by atoms with Crippen molar-refractivity contribution >= 4 is 27.7 Å². The van der Waals surface area contributed by atoms with Crippen molar-refractivity contribution in [2.75, 3.05) is 4.72 Å². The lowest BCUT2D eigenvalue weighted by molar-refractivity contribution is 0.0483. The number of nitrogens with one attached hydrogen (secondary N) is 3. The summed E-state index contributed by atoms with van der Waals surface area (Å²) >= 11 is 0. The molecule has 0 aliphatic rings. The molecule has 2 aromatic carbocycles. The number of amides is 2. The quantitative estimate of drug-likeness (QED) is 0.694. The van der Waals surface area contributed by atoms with Crippen LogP contribution in [0.3, 0.4) is 0 Å². The van der Waals surface area contributed by atoms with Crippen molar-refractivity contribution in [3.05, 3.63) is 60.2 Å². The summed E-state index contributed by atoms with van der Waals surface area (Å²) in [5.74, 6) is -0.571. The molecule has 0 fully saturated rings. The van der Waals surface area contributed by atoms with E-state index >= 15 is 0 Å². The third-order valence-corrected chi connectivity index (χ3v) is 4.53. The monoisotopic (exact) mass is 391 g/mol. The number of rotatable bonds is 4. The maximum Gasteiger partial charge on any atom is 0.426 e. The Labute approximate surface area is 157 Å². The summed E-state index contributed by atoms with van der Waals surface area (Å²) in [6.07, 6.45) is -0.789. The summed E-state index contributed by atoms with van der Waals surface area (Å²) in [7, 11) is -3.71. The van der Waals surface area contributed by atoms with E-state index in [9.17, 15) is 18.0 Å². The number of hydrogen-bond acceptors (Lipinski definition) is 5. The van der Waals surface area contributed by atoms with Crippen LogP contribution >= 0.6 is 0 Å². The van der Waals surface area contributed by atoms with Gasteiger partial charge < -0.3 is 4.74 Å². The largest absolute Gasteiger partial charge is 0.443 e. The minimum atomic E-state index is -3.71. The molecule has 2 aromatic rings. The standard InChI is InChI=1S/C18H21N3O5S/c1-18(2,3)26-17(23)20-19-16(22)13-9-11-14(12-10-13)21-27(24,25)15-7-5-4-6-8-15/h4-12,21H,1-3H3,(H,19,22)(H,20,23). The van der Waals surface area contributed by atoms with E-state index in [1.807, 2.05) is 0 Å². The van der Waals surface area contributed by atoms with E-state index in [4.69, 9.17) is 4.74 Å². The van der Waals surface area contributed by atoms with Gasteiger partial charge in [0.1, 0.15) is 5.60 Å². The minimum absolute atomic E-state index is 0.133. The van der Waals surface area contributed by atoms with E-state index in [1.54, 1.807) is 39.0 Å². The van der Waals surface area contributed by atoms with Gasteiger partial charge in [0.25, 0.3) is 15.9 Å². The zero-order valence-corrected chi connectivity index (χ0v) is 16.0. The Morgan fingerprint density at radius 1 is 0.889 bits per heavy atom. The highest BCUT2D eigenvalue weighted by atomic mass is 32.2. The molecule has 2 amide bonds. The van der Waals surface area contributed by atoms with Crippen LogP contribution in [0.5, 0.6) is 0 Å². The predicted molar refractivity (Wildman–Crippen MR) is 101 cm³/mol. The molecule has 0 radical (unpaired) electrons. The Bertz CT molecular complexity index is 904. The van der Waals surface area contributed by atoms with Gasteiger partial charge in [0, 0.05) is 11.3 Å². The molecule has 0 heterocycles. The number of benzene rings is 2. The molecule has 0 atom stereocenters. The third kappa shape index (κ3) is 6.30. The number of hydrazine groups is 1. The van der Waals surface area contributed by atoms with Crippen LogP contribution in [0.25, 0.3) is 0 Å². The normalized spacial score (nSPS) is 11.4. The second kappa shape index (κ2) is 8.09. The SMILES string of the molecule is CC(C)(C)OC(=O)NNC(=O)c1ccc(NS(=O)(=O)c2ccccc2)cc1. The minimum Gasteiger partial charge on any atom is -0.443 e. The van der Waals surface area contributed by atoms with E-state index < -0.39 is 27.6 Å². The van der Waals surface area contributed by atoms with Crippen molar-refractivity contribution < 1.29 is 22.7 Å². The van der Waals surface area contributed by atoms with E-state index in [1.165, 1.54) is 36.4 Å². The first kappa shape index (κ1) is 20.2. The molecule has 2 rings (SSSR count). The average Bonchev–Trinajstić information content (AvgIpc) is 2.59. The van der Waals surface area contributed by atoms with Crippen LogP contribution in [0.1, 0.15) is 31.1 Å². The first-order valence-corrected chi connectivity index (χ1v) is 9.52. The van der Waals surface area contributed by atoms with E-state index in [0.717, 1.165) is 0 Å². The Morgan fingerprint density at radius 2 is 1.48 bits per heavy atom. The second-order valence-corrected chi connectivity index (χ2v) is 8.26. The van der Waals surface area contributed by atoms with Gasteiger partial charge in [-0.25, -0.2) is 18.6 Å². The van der Waals surface area contributed by atoms with Crippen molar-refractivity contribution in [3.8, 4) is 0 Å². The van der Waals surface area contributed by atoms with Crippen LogP contribution in [-0.4, -0.2) is 26.0 Å². The molecule has 0 aliphatic heterocycles. The van der Waals surface area contributed by atoms with E-state index in [2.05, 4.69) is 15.6 Å². The van der Waals surface area contributed by atoms with Gasteiger partial charge in [-0.3, -0.25) is 14.9 Å². The Hall–Kier alpha value is -3.07. The average molecular weight is 391 g/mol. The van der Waals surface area contributed by atoms with E-state index in [0.29, 0.717) is 5.69 Å². The maximum absolute atomic E-state index is 12.3. The molecule has 9 heteroatoms. The van der Waals surface area contributed by atoms with Crippen molar-refractivity contribution in [2.24, 2.45) is 0 Å². The highest BCUT2D eigenvalue weighted by Gasteiger charge is 2.17. The molecular weight excluding hydrogens is 370 g/mol. The summed E-state index contributed by atoms with van der Waals surface area (Å²) in [6, 6.07) is 13.7. The zero-order chi connectivity index (χ0) is 20.1. The predicted octanol–water partition coefficient (Wildman–Crippen LogP) is 2.66. The molecule has 144 valence electrons. The molecule has 0 spiro atoms. The lowest BCUT2D eigenvalue weighted by Gasteiger charge is -2.19. The third-order valence-electron chi connectivity index (χ3n) is 3.13. The summed E-state index contributed by atoms with van der Waals surface area (Å²) in [6.45, 7) is 5.09. The first-order valence-electron chi connectivity index (χ1n) is 8.04. The first-order chi connectivity index (χ1) is 12.6. The molecule has 0 unspecified atom stereocenters. The number of sulfonamides is 1. The lowest BCUT2D eigenvalue weighted by atomic mass is 10.2. The second-order valence-electron chi connectivity index (χ2n) is 6.58. The van der Waals surface area contributed by atoms with Crippen molar-refractivity contribution in [1.82, 2.24) is 10.9 Å². The molecule has 0 aromatic heterocycles. The van der Waals surface area contributed by atoms with Gasteiger partial charge in [-0.1, -0.05) is 18.2 Å². The van der Waals surface area contributed by atoms with Crippen LogP contribution in [0.15, 0.2) is 59.5 Å². The molecule has 0 aliphatic carbocycles. The van der Waals surface area contributed by atoms with Gasteiger partial charge in [-0.15, -0.1) is 0 Å². The summed E-state index contributed by atoms with van der Waals surface area (Å²) in [5, 5.41) is 0. The lowest BCUT2D eigenvalue weighted by Crippen LogP contribution is -2.44. The van der Waals surface area contributed by atoms with Gasteiger partial charge in [0.15, 0.2) is 0 Å². The van der Waals surface area contributed by atoms with Crippen molar-refractivity contribution in [3.63, 3.8) is 0 Å². The molecule has 8 nitrogen and oxygen atoms in total. The van der Waals surface area contributed by atoms with Crippen LogP contribution in [-0.2, 0) is 14.8 Å². The summed E-state index contributed by atoms with van der Waals surface area (Å²) in [5.41, 5.74) is 4.20. The number of anilines is 1. The van der Waals surface area contributed by atoms with Crippen molar-refractivity contribution in [1.29, 1.82) is 0 Å². The highest BCUT2D eigenvalue weighted by molar-refractivity contribution is 7.92. The van der Waals surface area contributed by atoms with Crippen LogP contribution in [0.4, 0.5) is 10.5 Å². The highest BCUT2D eigenvalue weighted by Crippen LogP contribution is 2.16. The van der Waals surface area contributed by atoms with Gasteiger partial charge >= 0.3 is 6.09 Å². The van der Waals surface area contributed by atoms with Gasteiger partial charge in [0.2, 0.25) is 0 Å². The Kier molecular flexibility index (Phi) is 6.06. The Balaban J connectivity index is 1.97. The van der Waals surface area contributed by atoms with Gasteiger partial charge in [0.05, 0.1) is 4.90 Å². The zero-order valence-electron chi connectivity index (χ0n) is 15.1. The molecular formula is C18H21N3O5S. The van der Waals surface area contributed by atoms with Gasteiger partial charge in [-0.05, 0) is 57.2 Å². The molecule has 0 saturated carbocycles. The van der Waals surface area contributed by atoms with E-state index in [-0.39, 0.29) is 10.5 Å². The van der Waals surface area contributed by atoms with Crippen LogP contribution < -0.4 is 15.6 Å². The number of hydrogen-bond donors (Lipinski definition) is 3. The molecule has 3 N–H and O–H groups in total. The van der Waals surface area contributed by atoms with Crippen LogP contribution in [0, 0.1) is 0 Å².